The van der Waals surface area contributed by atoms with E-state index < -0.39 is 0 Å². The predicted octanol–water partition coefficient (Wildman–Crippen LogP) is 2.54. The van der Waals surface area contributed by atoms with Gasteiger partial charge in [-0.2, -0.15) is 0 Å². The Balaban J connectivity index is 1.69. The lowest BCUT2D eigenvalue weighted by molar-refractivity contribution is 0.0815. The molecule has 2 rings (SSSR count). The van der Waals surface area contributed by atoms with Crippen LogP contribution in [0.1, 0.15) is 23.5 Å². The minimum Gasteiger partial charge on any atom is -0.377 e. The van der Waals surface area contributed by atoms with Crippen LogP contribution in [0.15, 0.2) is 5.38 Å². The highest BCUT2D eigenvalue weighted by Gasteiger charge is 2.17. The van der Waals surface area contributed by atoms with E-state index in [9.17, 15) is 0 Å². The van der Waals surface area contributed by atoms with Crippen LogP contribution in [0.5, 0.6) is 0 Å². The van der Waals surface area contributed by atoms with Gasteiger partial charge in [0.2, 0.25) is 0 Å². The molecule has 2 heterocycles. The fourth-order valence-corrected chi connectivity index (χ4v) is 3.05. The number of rotatable bonds is 6. The Kier molecular flexibility index (Phi) is 5.22. The monoisotopic (exact) mass is 274 g/mol. The van der Waals surface area contributed by atoms with Gasteiger partial charge in [-0.3, -0.25) is 0 Å². The van der Waals surface area contributed by atoms with Gasteiger partial charge in [0.25, 0.3) is 0 Å². The van der Waals surface area contributed by atoms with Crippen LogP contribution >= 0.6 is 22.9 Å². The number of likely N-dealkylation sites (N-methyl/N-ethyl adjacent to an activating group) is 1. The Hall–Kier alpha value is -0.160. The van der Waals surface area contributed by atoms with E-state index in [4.69, 9.17) is 16.3 Å². The topological polar surface area (TPSA) is 25.4 Å². The summed E-state index contributed by atoms with van der Waals surface area (Å²) < 4.78 is 5.63. The number of halogens is 1. The number of thiazole rings is 1. The minimum absolute atomic E-state index is 0.440. The van der Waals surface area contributed by atoms with Gasteiger partial charge in [0.05, 0.1) is 22.7 Å². The van der Waals surface area contributed by atoms with Crippen LogP contribution in [0.25, 0.3) is 0 Å². The molecule has 3 nitrogen and oxygen atoms in total. The van der Waals surface area contributed by atoms with E-state index in [1.807, 2.05) is 5.38 Å². The SMILES string of the molecule is CN(CCc1nc(CCl)cs1)CC1CCCO1. The maximum Gasteiger partial charge on any atom is 0.0941 e. The number of hydrogen-bond acceptors (Lipinski definition) is 4. The van der Waals surface area contributed by atoms with Crippen molar-refractivity contribution >= 4 is 22.9 Å². The molecule has 1 atom stereocenters. The van der Waals surface area contributed by atoms with Crippen molar-refractivity contribution in [1.82, 2.24) is 9.88 Å². The van der Waals surface area contributed by atoms with E-state index in [0.717, 1.165) is 31.8 Å². The average Bonchev–Trinajstić information content (AvgIpc) is 2.96. The van der Waals surface area contributed by atoms with E-state index >= 15 is 0 Å². The van der Waals surface area contributed by atoms with Crippen LogP contribution in [-0.2, 0) is 17.0 Å². The van der Waals surface area contributed by atoms with Crippen molar-refractivity contribution in [1.29, 1.82) is 0 Å². The van der Waals surface area contributed by atoms with Crippen molar-refractivity contribution in [3.05, 3.63) is 16.1 Å². The third-order valence-corrected chi connectivity index (χ3v) is 4.21. The molecule has 1 aromatic rings. The zero-order chi connectivity index (χ0) is 12.1. The molecule has 17 heavy (non-hydrogen) atoms. The van der Waals surface area contributed by atoms with Crippen LogP contribution in [0.4, 0.5) is 0 Å². The van der Waals surface area contributed by atoms with Gasteiger partial charge in [-0.25, -0.2) is 4.98 Å². The molecule has 1 aliphatic rings. The van der Waals surface area contributed by atoms with Crippen LogP contribution < -0.4 is 0 Å². The van der Waals surface area contributed by atoms with Crippen molar-refractivity contribution < 1.29 is 4.74 Å². The molecule has 0 saturated carbocycles. The van der Waals surface area contributed by atoms with Gasteiger partial charge in [-0.15, -0.1) is 22.9 Å². The first kappa shape index (κ1) is 13.3. The van der Waals surface area contributed by atoms with Crippen molar-refractivity contribution in [2.75, 3.05) is 26.7 Å². The van der Waals surface area contributed by atoms with E-state index in [0.29, 0.717) is 12.0 Å². The zero-order valence-corrected chi connectivity index (χ0v) is 11.8. The van der Waals surface area contributed by atoms with Crippen LogP contribution in [0.2, 0.25) is 0 Å². The lowest BCUT2D eigenvalue weighted by Crippen LogP contribution is -2.30. The molecule has 1 aromatic heterocycles. The second-order valence-electron chi connectivity index (χ2n) is 4.51. The van der Waals surface area contributed by atoms with Gasteiger partial charge in [-0.05, 0) is 19.9 Å². The Morgan fingerprint density at radius 1 is 1.65 bits per heavy atom. The molecule has 0 spiro atoms. The quantitative estimate of drug-likeness (QED) is 0.746. The molecule has 96 valence electrons. The molecule has 1 unspecified atom stereocenters. The first-order chi connectivity index (χ1) is 8.28. The summed E-state index contributed by atoms with van der Waals surface area (Å²) in [6.45, 7) is 3.01. The number of aromatic nitrogens is 1. The summed E-state index contributed by atoms with van der Waals surface area (Å²) in [5.74, 6) is 0.516. The second-order valence-corrected chi connectivity index (χ2v) is 5.72. The second kappa shape index (κ2) is 6.69. The molecule has 5 heteroatoms. The maximum absolute atomic E-state index is 5.73. The van der Waals surface area contributed by atoms with Crippen molar-refractivity contribution in [2.45, 2.75) is 31.2 Å². The highest BCUT2D eigenvalue weighted by molar-refractivity contribution is 7.09. The highest BCUT2D eigenvalue weighted by atomic mass is 35.5. The summed E-state index contributed by atoms with van der Waals surface area (Å²) in [5, 5.41) is 3.22. The predicted molar refractivity (Wildman–Crippen MR) is 71.8 cm³/mol. The third kappa shape index (κ3) is 4.21. The molecular weight excluding hydrogens is 256 g/mol. The van der Waals surface area contributed by atoms with Gasteiger partial charge in [-0.1, -0.05) is 0 Å². The number of alkyl halides is 1. The highest BCUT2D eigenvalue weighted by Crippen LogP contribution is 2.14. The van der Waals surface area contributed by atoms with Gasteiger partial charge < -0.3 is 9.64 Å². The van der Waals surface area contributed by atoms with E-state index in [2.05, 4.69) is 16.9 Å². The first-order valence-electron chi connectivity index (χ1n) is 6.07. The van der Waals surface area contributed by atoms with Crippen molar-refractivity contribution in [2.24, 2.45) is 0 Å². The summed E-state index contributed by atoms with van der Waals surface area (Å²) in [5.41, 5.74) is 0.994. The normalized spacial score (nSPS) is 20.3. The summed E-state index contributed by atoms with van der Waals surface area (Å²) in [6.07, 6.45) is 3.86. The molecule has 0 aliphatic carbocycles. The minimum atomic E-state index is 0.440. The largest absolute Gasteiger partial charge is 0.377 e. The number of nitrogens with zero attached hydrogens (tertiary/aromatic N) is 2. The third-order valence-electron chi connectivity index (χ3n) is 2.98. The fraction of sp³-hybridized carbons (Fsp3) is 0.750. The Morgan fingerprint density at radius 2 is 2.53 bits per heavy atom. The maximum atomic E-state index is 5.73. The fourth-order valence-electron chi connectivity index (χ4n) is 2.04. The smallest absolute Gasteiger partial charge is 0.0941 e. The lowest BCUT2D eigenvalue weighted by atomic mass is 10.2. The van der Waals surface area contributed by atoms with Crippen molar-refractivity contribution in [3.8, 4) is 0 Å². The molecule has 0 N–H and O–H groups in total. The van der Waals surface area contributed by atoms with Crippen molar-refractivity contribution in [3.63, 3.8) is 0 Å². The van der Waals surface area contributed by atoms with Crippen LogP contribution in [-0.4, -0.2) is 42.7 Å². The number of ether oxygens (including phenoxy) is 1. The molecule has 0 radical (unpaired) electrons. The van der Waals surface area contributed by atoms with Crippen LogP contribution in [0, 0.1) is 0 Å². The Bertz CT molecular complexity index is 339. The summed E-state index contributed by atoms with van der Waals surface area (Å²) >= 11 is 7.44. The Labute approximate surface area is 112 Å². The molecule has 1 saturated heterocycles. The molecule has 0 amide bonds. The van der Waals surface area contributed by atoms with Gasteiger partial charge in [0.15, 0.2) is 0 Å². The molecule has 0 bridgehead atoms. The summed E-state index contributed by atoms with van der Waals surface area (Å²) in [4.78, 5) is 6.79. The van der Waals surface area contributed by atoms with Crippen LogP contribution in [0.3, 0.4) is 0 Å². The first-order valence-corrected chi connectivity index (χ1v) is 7.48. The molecule has 1 fully saturated rings. The van der Waals surface area contributed by atoms with Gasteiger partial charge in [0, 0.05) is 31.5 Å². The zero-order valence-electron chi connectivity index (χ0n) is 10.2. The lowest BCUT2D eigenvalue weighted by Gasteiger charge is -2.19. The van der Waals surface area contributed by atoms with Gasteiger partial charge >= 0.3 is 0 Å². The summed E-state index contributed by atoms with van der Waals surface area (Å²) in [7, 11) is 2.15. The Morgan fingerprint density at radius 3 is 3.18 bits per heavy atom. The average molecular weight is 275 g/mol. The number of hydrogen-bond donors (Lipinski definition) is 0. The van der Waals surface area contributed by atoms with E-state index in [1.54, 1.807) is 11.3 Å². The van der Waals surface area contributed by atoms with E-state index in [-0.39, 0.29) is 0 Å². The van der Waals surface area contributed by atoms with Gasteiger partial charge in [0.1, 0.15) is 0 Å². The molecular formula is C12H19ClN2OS. The van der Waals surface area contributed by atoms with E-state index in [1.165, 1.54) is 17.8 Å². The summed E-state index contributed by atoms with van der Waals surface area (Å²) in [6, 6.07) is 0. The standard InChI is InChI=1S/C12H19ClN2OS/c1-15(8-11-3-2-6-16-11)5-4-12-14-10(7-13)9-17-12/h9,11H,2-8H2,1H3. The molecule has 1 aliphatic heterocycles. The molecule has 0 aromatic carbocycles.